The number of carboxylic acid groups (broad SMARTS) is 1. The molecule has 1 amide bonds. The van der Waals surface area contributed by atoms with Gasteiger partial charge in [0.15, 0.2) is 0 Å². The predicted molar refractivity (Wildman–Crippen MR) is 83.1 cm³/mol. The third-order valence-corrected chi connectivity index (χ3v) is 4.95. The van der Waals surface area contributed by atoms with E-state index in [1.807, 2.05) is 13.8 Å². The number of carbonyl (C=O) groups is 2. The van der Waals surface area contributed by atoms with Gasteiger partial charge in [-0.3, -0.25) is 14.5 Å². The molecule has 0 radical (unpaired) electrons. The van der Waals surface area contributed by atoms with E-state index in [0.29, 0.717) is 11.8 Å². The van der Waals surface area contributed by atoms with E-state index in [1.54, 1.807) is 4.90 Å². The van der Waals surface area contributed by atoms with Gasteiger partial charge in [0, 0.05) is 12.1 Å². The van der Waals surface area contributed by atoms with E-state index in [-0.39, 0.29) is 31.1 Å². The molecule has 1 rings (SSSR count). The van der Waals surface area contributed by atoms with Crippen LogP contribution in [0.3, 0.4) is 0 Å². The molecule has 0 saturated heterocycles. The standard InChI is InChI=1S/C16H30N2O3/c1-5-12(3)18(10-16(20)21)9-15(19)17-14-8-6-7-11(2)13(14)4/h11-14H,5-10H2,1-4H3,(H,17,19)(H,20,21)/t11-,12-,13+,14+/m0/s1. The fourth-order valence-corrected chi connectivity index (χ4v) is 3.02. The summed E-state index contributed by atoms with van der Waals surface area (Å²) >= 11 is 0. The first-order valence-electron chi connectivity index (χ1n) is 8.10. The molecule has 1 fully saturated rings. The number of hydrogen-bond donors (Lipinski definition) is 2. The molecule has 0 heterocycles. The summed E-state index contributed by atoms with van der Waals surface area (Å²) in [6.45, 7) is 8.47. The number of nitrogens with one attached hydrogen (secondary N) is 1. The third kappa shape index (κ3) is 5.65. The van der Waals surface area contributed by atoms with Gasteiger partial charge in [-0.25, -0.2) is 0 Å². The molecule has 0 aromatic carbocycles. The van der Waals surface area contributed by atoms with Crippen LogP contribution in [0.4, 0.5) is 0 Å². The zero-order chi connectivity index (χ0) is 16.0. The number of hydrogen-bond acceptors (Lipinski definition) is 3. The first-order chi connectivity index (χ1) is 9.85. The van der Waals surface area contributed by atoms with Crippen LogP contribution >= 0.6 is 0 Å². The largest absolute Gasteiger partial charge is 0.480 e. The van der Waals surface area contributed by atoms with Crippen molar-refractivity contribution in [1.29, 1.82) is 0 Å². The van der Waals surface area contributed by atoms with E-state index in [4.69, 9.17) is 5.11 Å². The van der Waals surface area contributed by atoms with Crippen molar-refractivity contribution in [3.63, 3.8) is 0 Å². The molecule has 0 aliphatic heterocycles. The Bertz CT molecular complexity index is 359. The molecule has 1 aliphatic carbocycles. The Morgan fingerprint density at radius 2 is 1.95 bits per heavy atom. The van der Waals surface area contributed by atoms with Gasteiger partial charge in [0.2, 0.25) is 5.91 Å². The fraction of sp³-hybridized carbons (Fsp3) is 0.875. The Kier molecular flexibility index (Phi) is 7.15. The molecule has 0 aromatic rings. The number of amides is 1. The maximum Gasteiger partial charge on any atom is 0.317 e. The highest BCUT2D eigenvalue weighted by Crippen LogP contribution is 2.29. The second kappa shape index (κ2) is 8.37. The van der Waals surface area contributed by atoms with E-state index in [0.717, 1.165) is 19.3 Å². The lowest BCUT2D eigenvalue weighted by molar-refractivity contribution is -0.139. The number of nitrogens with zero attached hydrogens (tertiary/aromatic N) is 1. The van der Waals surface area contributed by atoms with Crippen molar-refractivity contribution in [2.45, 2.75) is 65.5 Å². The summed E-state index contributed by atoms with van der Waals surface area (Å²) in [7, 11) is 0. The van der Waals surface area contributed by atoms with Crippen LogP contribution in [0.15, 0.2) is 0 Å². The zero-order valence-corrected chi connectivity index (χ0v) is 13.8. The van der Waals surface area contributed by atoms with Crippen molar-refractivity contribution >= 4 is 11.9 Å². The SMILES string of the molecule is CC[C@H](C)N(CC(=O)O)CC(=O)N[C@@H]1CCC[C@H](C)[C@H]1C. The van der Waals surface area contributed by atoms with Gasteiger partial charge in [-0.2, -0.15) is 0 Å². The Hall–Kier alpha value is -1.10. The maximum absolute atomic E-state index is 12.2. The minimum Gasteiger partial charge on any atom is -0.480 e. The van der Waals surface area contributed by atoms with Gasteiger partial charge < -0.3 is 10.4 Å². The first kappa shape index (κ1) is 18.0. The van der Waals surface area contributed by atoms with Crippen molar-refractivity contribution < 1.29 is 14.7 Å². The summed E-state index contributed by atoms with van der Waals surface area (Å²) in [6.07, 6.45) is 4.24. The molecule has 2 N–H and O–H groups in total. The summed E-state index contributed by atoms with van der Waals surface area (Å²) in [5.74, 6) is 0.179. The molecule has 5 nitrogen and oxygen atoms in total. The highest BCUT2D eigenvalue weighted by atomic mass is 16.4. The van der Waals surface area contributed by atoms with Gasteiger partial charge >= 0.3 is 5.97 Å². The van der Waals surface area contributed by atoms with Crippen LogP contribution in [0.1, 0.15) is 53.4 Å². The zero-order valence-electron chi connectivity index (χ0n) is 13.8. The second-order valence-electron chi connectivity index (χ2n) is 6.50. The molecule has 0 bridgehead atoms. The molecule has 0 unspecified atom stereocenters. The van der Waals surface area contributed by atoms with Crippen molar-refractivity contribution in [3.8, 4) is 0 Å². The number of rotatable bonds is 7. The third-order valence-electron chi connectivity index (χ3n) is 4.95. The molecule has 5 heteroatoms. The smallest absolute Gasteiger partial charge is 0.317 e. The van der Waals surface area contributed by atoms with E-state index < -0.39 is 5.97 Å². The van der Waals surface area contributed by atoms with Crippen molar-refractivity contribution in [3.05, 3.63) is 0 Å². The van der Waals surface area contributed by atoms with Gasteiger partial charge in [-0.1, -0.05) is 33.6 Å². The van der Waals surface area contributed by atoms with Crippen LogP contribution in [0, 0.1) is 11.8 Å². The minimum absolute atomic E-state index is 0.0532. The summed E-state index contributed by atoms with van der Waals surface area (Å²) in [5.41, 5.74) is 0. The lowest BCUT2D eigenvalue weighted by Crippen LogP contribution is -2.49. The maximum atomic E-state index is 12.2. The van der Waals surface area contributed by atoms with Crippen LogP contribution in [-0.4, -0.2) is 47.1 Å². The number of carboxylic acids is 1. The second-order valence-corrected chi connectivity index (χ2v) is 6.50. The van der Waals surface area contributed by atoms with E-state index in [9.17, 15) is 9.59 Å². The van der Waals surface area contributed by atoms with Crippen LogP contribution < -0.4 is 5.32 Å². The van der Waals surface area contributed by atoms with Crippen LogP contribution in [-0.2, 0) is 9.59 Å². The summed E-state index contributed by atoms with van der Waals surface area (Å²) in [6, 6.07) is 0.319. The van der Waals surface area contributed by atoms with Gasteiger partial charge in [0.25, 0.3) is 0 Å². The van der Waals surface area contributed by atoms with Crippen molar-refractivity contribution in [1.82, 2.24) is 10.2 Å². The molecule has 4 atom stereocenters. The van der Waals surface area contributed by atoms with Crippen LogP contribution in [0.5, 0.6) is 0 Å². The quantitative estimate of drug-likeness (QED) is 0.755. The molecule has 0 aromatic heterocycles. The van der Waals surface area contributed by atoms with Crippen LogP contribution in [0.2, 0.25) is 0 Å². The molecular formula is C16H30N2O3. The van der Waals surface area contributed by atoms with Crippen LogP contribution in [0.25, 0.3) is 0 Å². The molecule has 122 valence electrons. The molecular weight excluding hydrogens is 268 g/mol. The Balaban J connectivity index is 2.54. The lowest BCUT2D eigenvalue weighted by Gasteiger charge is -2.35. The first-order valence-corrected chi connectivity index (χ1v) is 8.10. The molecule has 21 heavy (non-hydrogen) atoms. The van der Waals surface area contributed by atoms with Gasteiger partial charge in [0.1, 0.15) is 0 Å². The minimum atomic E-state index is -0.886. The number of aliphatic carboxylic acids is 1. The van der Waals surface area contributed by atoms with E-state index >= 15 is 0 Å². The summed E-state index contributed by atoms with van der Waals surface area (Å²) < 4.78 is 0. The van der Waals surface area contributed by atoms with Crippen molar-refractivity contribution in [2.75, 3.05) is 13.1 Å². The summed E-state index contributed by atoms with van der Waals surface area (Å²) in [4.78, 5) is 24.9. The monoisotopic (exact) mass is 298 g/mol. The predicted octanol–water partition coefficient (Wildman–Crippen LogP) is 2.11. The van der Waals surface area contributed by atoms with Gasteiger partial charge in [-0.05, 0) is 31.6 Å². The Morgan fingerprint density at radius 1 is 1.29 bits per heavy atom. The highest BCUT2D eigenvalue weighted by Gasteiger charge is 2.29. The Labute approximate surface area is 128 Å². The normalized spacial score (nSPS) is 27.4. The number of carbonyl (C=O) groups excluding carboxylic acids is 1. The Morgan fingerprint density at radius 3 is 2.52 bits per heavy atom. The lowest BCUT2D eigenvalue weighted by atomic mass is 9.78. The molecule has 1 saturated carbocycles. The van der Waals surface area contributed by atoms with Gasteiger partial charge in [0.05, 0.1) is 13.1 Å². The van der Waals surface area contributed by atoms with Crippen molar-refractivity contribution in [2.24, 2.45) is 11.8 Å². The topological polar surface area (TPSA) is 69.6 Å². The molecule has 1 aliphatic rings. The highest BCUT2D eigenvalue weighted by molar-refractivity contribution is 5.79. The average Bonchev–Trinajstić information content (AvgIpc) is 2.41. The van der Waals surface area contributed by atoms with Gasteiger partial charge in [-0.15, -0.1) is 0 Å². The fourth-order valence-electron chi connectivity index (χ4n) is 3.02. The molecule has 0 spiro atoms. The van der Waals surface area contributed by atoms with E-state index in [1.165, 1.54) is 6.42 Å². The van der Waals surface area contributed by atoms with E-state index in [2.05, 4.69) is 19.2 Å². The summed E-state index contributed by atoms with van der Waals surface area (Å²) in [5, 5.41) is 12.1. The average molecular weight is 298 g/mol.